The molecule has 3 rings (SSSR count). The zero-order valence-electron chi connectivity index (χ0n) is 16.1. The predicted octanol–water partition coefficient (Wildman–Crippen LogP) is 3.77. The topological polar surface area (TPSA) is 58.6 Å². The van der Waals surface area contributed by atoms with Gasteiger partial charge in [0.15, 0.2) is 0 Å². The second-order valence-electron chi connectivity index (χ2n) is 7.32. The number of hydrogen-bond donors (Lipinski definition) is 1. The molecule has 0 radical (unpaired) electrons. The van der Waals surface area contributed by atoms with Gasteiger partial charge in [0.25, 0.3) is 0 Å². The molecule has 0 aliphatic carbocycles. The highest BCUT2D eigenvalue weighted by atomic mass is 16.5. The van der Waals surface area contributed by atoms with Gasteiger partial charge in [0.2, 0.25) is 11.8 Å². The highest BCUT2D eigenvalue weighted by molar-refractivity contribution is 5.98. The first-order valence-corrected chi connectivity index (χ1v) is 9.32. The summed E-state index contributed by atoms with van der Waals surface area (Å²) in [6, 6.07) is 15.5. The number of ether oxygens (including phenoxy) is 1. The third kappa shape index (κ3) is 4.88. The average molecular weight is 366 g/mol. The van der Waals surface area contributed by atoms with Crippen LogP contribution >= 0.6 is 0 Å². The molecule has 142 valence electrons. The van der Waals surface area contributed by atoms with Crippen LogP contribution in [0, 0.1) is 12.8 Å². The molecule has 0 aromatic heterocycles. The predicted molar refractivity (Wildman–Crippen MR) is 106 cm³/mol. The van der Waals surface area contributed by atoms with E-state index in [4.69, 9.17) is 4.74 Å². The molecular formula is C22H26N2O3. The first kappa shape index (κ1) is 19.0. The Labute approximate surface area is 160 Å². The summed E-state index contributed by atoms with van der Waals surface area (Å²) < 4.78 is 5.75. The fraction of sp³-hybridized carbons (Fsp3) is 0.364. The molecule has 5 nitrogen and oxygen atoms in total. The van der Waals surface area contributed by atoms with E-state index >= 15 is 0 Å². The van der Waals surface area contributed by atoms with E-state index in [9.17, 15) is 9.59 Å². The number of hydrogen-bond acceptors (Lipinski definition) is 3. The minimum Gasteiger partial charge on any atom is -0.489 e. The molecule has 1 atom stereocenters. The Balaban J connectivity index is 1.64. The molecule has 1 unspecified atom stereocenters. The van der Waals surface area contributed by atoms with E-state index in [1.807, 2.05) is 63.2 Å². The summed E-state index contributed by atoms with van der Waals surface area (Å²) in [5.41, 5.74) is 2.89. The van der Waals surface area contributed by atoms with Gasteiger partial charge in [-0.15, -0.1) is 0 Å². The van der Waals surface area contributed by atoms with Crippen molar-refractivity contribution in [3.8, 4) is 5.75 Å². The minimum atomic E-state index is -0.352. The number of likely N-dealkylation sites (tertiary alicyclic amines) is 1. The molecule has 1 heterocycles. The van der Waals surface area contributed by atoms with Gasteiger partial charge < -0.3 is 15.0 Å². The van der Waals surface area contributed by atoms with Crippen molar-refractivity contribution in [2.24, 2.45) is 5.92 Å². The van der Waals surface area contributed by atoms with Gasteiger partial charge in [-0.1, -0.05) is 42.0 Å². The molecule has 1 N–H and O–H groups in total. The van der Waals surface area contributed by atoms with E-state index in [-0.39, 0.29) is 30.3 Å². The van der Waals surface area contributed by atoms with Gasteiger partial charge in [-0.25, -0.2) is 0 Å². The number of nitrogens with zero attached hydrogens (tertiary/aromatic N) is 1. The lowest BCUT2D eigenvalue weighted by atomic mass is 10.1. The van der Waals surface area contributed by atoms with Gasteiger partial charge in [-0.2, -0.15) is 0 Å². The first-order valence-electron chi connectivity index (χ1n) is 9.32. The normalized spacial score (nSPS) is 16.7. The van der Waals surface area contributed by atoms with Gasteiger partial charge in [-0.3, -0.25) is 9.59 Å². The van der Waals surface area contributed by atoms with Crippen LogP contribution in [0.2, 0.25) is 0 Å². The van der Waals surface area contributed by atoms with E-state index < -0.39 is 0 Å². The quantitative estimate of drug-likeness (QED) is 0.847. The Hall–Kier alpha value is -2.82. The smallest absolute Gasteiger partial charge is 0.229 e. The van der Waals surface area contributed by atoms with Crippen molar-refractivity contribution in [1.82, 2.24) is 4.90 Å². The summed E-state index contributed by atoms with van der Waals surface area (Å²) in [4.78, 5) is 26.8. The lowest BCUT2D eigenvalue weighted by Crippen LogP contribution is -2.28. The first-order chi connectivity index (χ1) is 12.9. The van der Waals surface area contributed by atoms with Crippen LogP contribution < -0.4 is 10.1 Å². The van der Waals surface area contributed by atoms with Crippen LogP contribution in [0.15, 0.2) is 48.5 Å². The number of carbonyl (C=O) groups excluding carboxylic acids is 2. The molecular weight excluding hydrogens is 340 g/mol. The van der Waals surface area contributed by atoms with Gasteiger partial charge in [0.05, 0.1) is 17.7 Å². The second kappa shape index (κ2) is 8.25. The van der Waals surface area contributed by atoms with Crippen molar-refractivity contribution >= 4 is 17.5 Å². The number of aryl methyl sites for hydroxylation is 1. The summed E-state index contributed by atoms with van der Waals surface area (Å²) in [6.45, 7) is 6.89. The van der Waals surface area contributed by atoms with E-state index in [2.05, 4.69) is 11.4 Å². The zero-order valence-corrected chi connectivity index (χ0v) is 16.1. The van der Waals surface area contributed by atoms with Crippen molar-refractivity contribution in [2.45, 2.75) is 39.8 Å². The SMILES string of the molecule is Cc1cccc(CN2CC(C(=O)Nc3ccccc3OC(C)C)CC2=O)c1. The minimum absolute atomic E-state index is 0.0148. The van der Waals surface area contributed by atoms with Crippen LogP contribution in [-0.4, -0.2) is 29.4 Å². The van der Waals surface area contributed by atoms with E-state index in [0.29, 0.717) is 24.5 Å². The van der Waals surface area contributed by atoms with Gasteiger partial charge in [0.1, 0.15) is 5.75 Å². The Kier molecular flexibility index (Phi) is 5.79. The molecule has 1 saturated heterocycles. The van der Waals surface area contributed by atoms with Crippen molar-refractivity contribution in [2.75, 3.05) is 11.9 Å². The van der Waals surface area contributed by atoms with Gasteiger partial charge in [0, 0.05) is 19.5 Å². The van der Waals surface area contributed by atoms with Crippen LogP contribution in [0.3, 0.4) is 0 Å². The van der Waals surface area contributed by atoms with Crippen LogP contribution in [0.5, 0.6) is 5.75 Å². The van der Waals surface area contributed by atoms with E-state index in [0.717, 1.165) is 11.1 Å². The number of amides is 2. The number of para-hydroxylation sites is 2. The van der Waals surface area contributed by atoms with E-state index in [1.54, 1.807) is 4.90 Å². The van der Waals surface area contributed by atoms with Crippen molar-refractivity contribution < 1.29 is 14.3 Å². The number of carbonyl (C=O) groups is 2. The number of rotatable bonds is 6. The molecule has 0 spiro atoms. The molecule has 5 heteroatoms. The lowest BCUT2D eigenvalue weighted by molar-refractivity contribution is -0.128. The summed E-state index contributed by atoms with van der Waals surface area (Å²) >= 11 is 0. The molecule has 2 aromatic carbocycles. The van der Waals surface area contributed by atoms with Crippen molar-refractivity contribution in [3.63, 3.8) is 0 Å². The molecule has 2 amide bonds. The van der Waals surface area contributed by atoms with Crippen LogP contribution in [0.4, 0.5) is 5.69 Å². The Morgan fingerprint density at radius 2 is 2.00 bits per heavy atom. The van der Waals surface area contributed by atoms with E-state index in [1.165, 1.54) is 0 Å². The average Bonchev–Trinajstić information content (AvgIpc) is 2.97. The maximum Gasteiger partial charge on any atom is 0.229 e. The summed E-state index contributed by atoms with van der Waals surface area (Å²) in [5.74, 6) is 0.162. The van der Waals surface area contributed by atoms with Crippen LogP contribution in [0.1, 0.15) is 31.4 Å². The third-order valence-corrected chi connectivity index (χ3v) is 4.55. The standard InChI is InChI=1S/C22H26N2O3/c1-15(2)27-20-10-5-4-9-19(20)23-22(26)18-12-21(25)24(14-18)13-17-8-6-7-16(3)11-17/h4-11,15,18H,12-14H2,1-3H3,(H,23,26). The summed E-state index contributed by atoms with van der Waals surface area (Å²) in [5, 5.41) is 2.93. The van der Waals surface area contributed by atoms with Crippen LogP contribution in [-0.2, 0) is 16.1 Å². The lowest BCUT2D eigenvalue weighted by Gasteiger charge is -2.18. The maximum absolute atomic E-state index is 12.7. The fourth-order valence-electron chi connectivity index (χ4n) is 3.29. The molecule has 2 aromatic rings. The maximum atomic E-state index is 12.7. The van der Waals surface area contributed by atoms with Gasteiger partial charge in [-0.05, 0) is 38.5 Å². The molecule has 1 aliphatic heterocycles. The van der Waals surface area contributed by atoms with Crippen molar-refractivity contribution in [3.05, 3.63) is 59.7 Å². The molecule has 1 aliphatic rings. The number of benzene rings is 2. The Morgan fingerprint density at radius 3 is 2.74 bits per heavy atom. The molecule has 0 saturated carbocycles. The molecule has 27 heavy (non-hydrogen) atoms. The highest BCUT2D eigenvalue weighted by Gasteiger charge is 2.34. The number of nitrogens with one attached hydrogen (secondary N) is 1. The second-order valence-corrected chi connectivity index (χ2v) is 7.32. The zero-order chi connectivity index (χ0) is 19.4. The molecule has 1 fully saturated rings. The fourth-order valence-corrected chi connectivity index (χ4v) is 3.29. The largest absolute Gasteiger partial charge is 0.489 e. The Bertz CT molecular complexity index is 832. The third-order valence-electron chi connectivity index (χ3n) is 4.55. The summed E-state index contributed by atoms with van der Waals surface area (Å²) in [6.07, 6.45) is 0.256. The van der Waals surface area contributed by atoms with Crippen LogP contribution in [0.25, 0.3) is 0 Å². The van der Waals surface area contributed by atoms with Gasteiger partial charge >= 0.3 is 0 Å². The Morgan fingerprint density at radius 1 is 1.22 bits per heavy atom. The highest BCUT2D eigenvalue weighted by Crippen LogP contribution is 2.27. The number of anilines is 1. The molecule has 0 bridgehead atoms. The van der Waals surface area contributed by atoms with Crippen molar-refractivity contribution in [1.29, 1.82) is 0 Å². The monoisotopic (exact) mass is 366 g/mol. The summed E-state index contributed by atoms with van der Waals surface area (Å²) in [7, 11) is 0.